The second kappa shape index (κ2) is 11.9. The van der Waals surface area contributed by atoms with Crippen molar-refractivity contribution in [2.75, 3.05) is 13.1 Å². The minimum absolute atomic E-state index is 0.271. The van der Waals surface area contributed by atoms with Gasteiger partial charge in [0.25, 0.3) is 5.60 Å². The lowest BCUT2D eigenvalue weighted by atomic mass is 9.83. The van der Waals surface area contributed by atoms with Gasteiger partial charge in [-0.25, -0.2) is 9.59 Å². The average Bonchev–Trinajstić information content (AvgIpc) is 3.64. The minimum atomic E-state index is -2.19. The zero-order chi connectivity index (χ0) is 30.9. The SMILES string of the molecule is O=C(OC(C(=O)OC1C[C@H]2CC[C@@H](C1)[N+]21CCCC1)(c1ccccc1)c1ccccc1)C(O)(c1ccccc1)c1ccccc1. The maximum atomic E-state index is 14.8. The molecule has 3 aliphatic rings. The van der Waals surface area contributed by atoms with Crippen LogP contribution in [0.3, 0.4) is 0 Å². The molecule has 2 bridgehead atoms. The summed E-state index contributed by atoms with van der Waals surface area (Å²) in [5, 5.41) is 12.3. The van der Waals surface area contributed by atoms with Crippen molar-refractivity contribution in [3.05, 3.63) is 144 Å². The predicted molar refractivity (Wildman–Crippen MR) is 171 cm³/mol. The van der Waals surface area contributed by atoms with Crippen molar-refractivity contribution in [3.63, 3.8) is 0 Å². The summed E-state index contributed by atoms with van der Waals surface area (Å²) in [5.74, 6) is -1.61. The zero-order valence-electron chi connectivity index (χ0n) is 25.5. The number of carbonyl (C=O) groups is 2. The summed E-state index contributed by atoms with van der Waals surface area (Å²) in [4.78, 5) is 29.5. The number of esters is 2. The van der Waals surface area contributed by atoms with Gasteiger partial charge in [0.1, 0.15) is 6.10 Å². The molecule has 1 N–H and O–H groups in total. The van der Waals surface area contributed by atoms with E-state index in [0.29, 0.717) is 34.3 Å². The van der Waals surface area contributed by atoms with Gasteiger partial charge >= 0.3 is 11.9 Å². The highest BCUT2D eigenvalue weighted by molar-refractivity contribution is 5.92. The average molecular weight is 603 g/mol. The predicted octanol–water partition coefficient (Wildman–Crippen LogP) is 6.26. The minimum Gasteiger partial charge on any atom is -0.458 e. The molecule has 7 rings (SSSR count). The Morgan fingerprint density at radius 1 is 0.600 bits per heavy atom. The van der Waals surface area contributed by atoms with Crippen LogP contribution in [0.5, 0.6) is 0 Å². The van der Waals surface area contributed by atoms with E-state index in [1.807, 2.05) is 48.5 Å². The number of quaternary nitrogens is 1. The number of benzene rings is 4. The Morgan fingerprint density at radius 2 is 1.00 bits per heavy atom. The fourth-order valence-electron chi connectivity index (χ4n) is 8.42. The monoisotopic (exact) mass is 602 g/mol. The van der Waals surface area contributed by atoms with Crippen molar-refractivity contribution in [1.29, 1.82) is 0 Å². The van der Waals surface area contributed by atoms with E-state index in [1.54, 1.807) is 72.8 Å². The molecule has 3 atom stereocenters. The Labute approximate surface area is 264 Å². The number of rotatable bonds is 8. The Bertz CT molecular complexity index is 1520. The van der Waals surface area contributed by atoms with Crippen LogP contribution >= 0.6 is 0 Å². The quantitative estimate of drug-likeness (QED) is 0.191. The lowest BCUT2D eigenvalue weighted by Gasteiger charge is -2.47. The first-order valence-electron chi connectivity index (χ1n) is 16.2. The number of hydrogen-bond acceptors (Lipinski definition) is 5. The number of piperidine rings is 1. The van der Waals surface area contributed by atoms with Crippen LogP contribution < -0.4 is 0 Å². The third-order valence-electron chi connectivity index (χ3n) is 10.6. The van der Waals surface area contributed by atoms with Gasteiger partial charge in [-0.3, -0.25) is 0 Å². The molecule has 1 spiro atoms. The standard InChI is InChI=1S/C39H40NO5/c41-36(38(43,29-15-5-1-6-16-29)30-17-7-2-8-18-30)45-39(31-19-9-3-10-20-31,32-21-11-4-12-22-32)37(42)44-35-27-33-23-24-34(28-35)40(33)25-13-14-26-40/h1-12,15-22,33-35,43H,13-14,23-28H2/q+1/t33-,34+,35?. The Hall–Kier alpha value is -4.26. The number of aliphatic hydroxyl groups is 1. The lowest BCUT2D eigenvalue weighted by Crippen LogP contribution is -2.60. The Morgan fingerprint density at radius 3 is 1.42 bits per heavy atom. The molecule has 3 saturated heterocycles. The van der Waals surface area contributed by atoms with Crippen molar-refractivity contribution in [2.45, 2.75) is 67.9 Å². The van der Waals surface area contributed by atoms with E-state index < -0.39 is 23.1 Å². The molecule has 6 nitrogen and oxygen atoms in total. The molecule has 4 aromatic carbocycles. The van der Waals surface area contributed by atoms with Crippen LogP contribution in [-0.2, 0) is 30.3 Å². The molecule has 6 heteroatoms. The van der Waals surface area contributed by atoms with Crippen molar-refractivity contribution in [1.82, 2.24) is 0 Å². The largest absolute Gasteiger partial charge is 0.458 e. The number of hydrogen-bond donors (Lipinski definition) is 1. The number of nitrogens with zero attached hydrogens (tertiary/aromatic N) is 1. The van der Waals surface area contributed by atoms with Crippen LogP contribution in [0, 0.1) is 0 Å². The molecule has 230 valence electrons. The molecule has 4 aromatic rings. The Balaban J connectivity index is 1.30. The maximum absolute atomic E-state index is 14.8. The van der Waals surface area contributed by atoms with Crippen LogP contribution in [0.1, 0.15) is 60.8 Å². The van der Waals surface area contributed by atoms with Gasteiger partial charge in [0, 0.05) is 49.7 Å². The highest BCUT2D eigenvalue weighted by atomic mass is 16.6. The van der Waals surface area contributed by atoms with Gasteiger partial charge in [-0.1, -0.05) is 121 Å². The molecule has 0 aliphatic carbocycles. The second-order valence-electron chi connectivity index (χ2n) is 12.9. The molecule has 1 unspecified atom stereocenters. The first kappa shape index (κ1) is 29.5. The summed E-state index contributed by atoms with van der Waals surface area (Å²) in [7, 11) is 0. The van der Waals surface area contributed by atoms with E-state index >= 15 is 0 Å². The summed E-state index contributed by atoms with van der Waals surface area (Å²) in [6, 6.07) is 36.5. The van der Waals surface area contributed by atoms with Crippen LogP contribution in [0.4, 0.5) is 0 Å². The summed E-state index contributed by atoms with van der Waals surface area (Å²) >= 11 is 0. The van der Waals surface area contributed by atoms with E-state index in [0.717, 1.165) is 25.7 Å². The molecule has 0 amide bonds. The molecular weight excluding hydrogens is 562 g/mol. The summed E-state index contributed by atoms with van der Waals surface area (Å²) in [6.45, 7) is 2.45. The van der Waals surface area contributed by atoms with Crippen LogP contribution in [-0.4, -0.2) is 52.8 Å². The summed E-state index contributed by atoms with van der Waals surface area (Å²) < 4.78 is 14.1. The normalized spacial score (nSPS) is 22.2. The Kier molecular flexibility index (Phi) is 7.80. The molecular formula is C39H40NO5+. The summed E-state index contributed by atoms with van der Waals surface area (Å²) in [6.07, 6.45) is 6.22. The van der Waals surface area contributed by atoms with Gasteiger partial charge < -0.3 is 19.1 Å². The number of carbonyl (C=O) groups excluding carboxylic acids is 2. The van der Waals surface area contributed by atoms with Crippen LogP contribution in [0.2, 0.25) is 0 Å². The van der Waals surface area contributed by atoms with E-state index in [-0.39, 0.29) is 6.10 Å². The molecule has 45 heavy (non-hydrogen) atoms. The molecule has 0 aromatic heterocycles. The van der Waals surface area contributed by atoms with Crippen molar-refractivity contribution >= 4 is 11.9 Å². The highest BCUT2D eigenvalue weighted by Gasteiger charge is 2.58. The van der Waals surface area contributed by atoms with E-state index in [9.17, 15) is 14.7 Å². The van der Waals surface area contributed by atoms with Gasteiger partial charge in [0.05, 0.1) is 25.2 Å². The lowest BCUT2D eigenvalue weighted by molar-refractivity contribution is -0.956. The third-order valence-corrected chi connectivity index (χ3v) is 10.6. The van der Waals surface area contributed by atoms with Crippen molar-refractivity contribution < 1.29 is 28.7 Å². The first-order chi connectivity index (χ1) is 22.0. The van der Waals surface area contributed by atoms with Crippen molar-refractivity contribution in [2.24, 2.45) is 0 Å². The van der Waals surface area contributed by atoms with Gasteiger partial charge in [-0.15, -0.1) is 0 Å². The van der Waals surface area contributed by atoms with Gasteiger partial charge in [-0.2, -0.15) is 0 Å². The van der Waals surface area contributed by atoms with E-state index in [4.69, 9.17) is 9.47 Å². The van der Waals surface area contributed by atoms with Crippen molar-refractivity contribution in [3.8, 4) is 0 Å². The van der Waals surface area contributed by atoms with Gasteiger partial charge in [-0.05, 0) is 11.1 Å². The molecule has 3 heterocycles. The van der Waals surface area contributed by atoms with Gasteiger partial charge in [0.2, 0.25) is 5.60 Å². The molecule has 0 saturated carbocycles. The topological polar surface area (TPSA) is 72.8 Å². The molecule has 0 radical (unpaired) electrons. The smallest absolute Gasteiger partial charge is 0.360 e. The summed E-state index contributed by atoms with van der Waals surface area (Å²) in [5.41, 5.74) is -2.54. The molecule has 3 aliphatic heterocycles. The number of ether oxygens (including phenoxy) is 2. The molecule has 3 fully saturated rings. The van der Waals surface area contributed by atoms with Gasteiger partial charge in [0.15, 0.2) is 0 Å². The van der Waals surface area contributed by atoms with Crippen LogP contribution in [0.15, 0.2) is 121 Å². The first-order valence-corrected chi connectivity index (χ1v) is 16.2. The highest BCUT2D eigenvalue weighted by Crippen LogP contribution is 2.47. The van der Waals surface area contributed by atoms with E-state index in [2.05, 4.69) is 0 Å². The fourth-order valence-corrected chi connectivity index (χ4v) is 8.42. The maximum Gasteiger partial charge on any atom is 0.360 e. The zero-order valence-corrected chi connectivity index (χ0v) is 25.5. The van der Waals surface area contributed by atoms with Crippen LogP contribution in [0.25, 0.3) is 0 Å². The fraction of sp³-hybridized carbons (Fsp3) is 0.333. The third kappa shape index (κ3) is 4.97. The second-order valence-corrected chi connectivity index (χ2v) is 12.9. The van der Waals surface area contributed by atoms with E-state index in [1.165, 1.54) is 30.4 Å².